The van der Waals surface area contributed by atoms with E-state index in [4.69, 9.17) is 0 Å². The Balaban J connectivity index is 1.28. The minimum absolute atomic E-state index is 0.601. The molecule has 180 valence electrons. The molecule has 0 saturated heterocycles. The van der Waals surface area contributed by atoms with E-state index in [2.05, 4.69) is 19.1 Å². The molecule has 0 nitrogen and oxygen atoms in total. The number of allylic oxidation sites excluding steroid dienone is 2. The zero-order chi connectivity index (χ0) is 21.9. The van der Waals surface area contributed by atoms with Gasteiger partial charge in [-0.3, -0.25) is 0 Å². The molecule has 1 heteroatoms. The molecule has 0 N–H and O–H groups in total. The summed E-state index contributed by atoms with van der Waals surface area (Å²) >= 11 is 0. The smallest absolute Gasteiger partial charge is 0.100 e. The average molecular weight is 433 g/mol. The van der Waals surface area contributed by atoms with Gasteiger partial charge in [-0.25, -0.2) is 4.39 Å². The van der Waals surface area contributed by atoms with Crippen molar-refractivity contribution in [2.75, 3.05) is 0 Å². The van der Waals surface area contributed by atoms with Crippen molar-refractivity contribution in [3.63, 3.8) is 0 Å². The van der Waals surface area contributed by atoms with E-state index < -0.39 is 6.17 Å². The molecule has 0 bridgehead atoms. The molecule has 3 fully saturated rings. The van der Waals surface area contributed by atoms with Crippen molar-refractivity contribution in [2.45, 2.75) is 142 Å². The van der Waals surface area contributed by atoms with Crippen LogP contribution in [0, 0.1) is 35.5 Å². The van der Waals surface area contributed by atoms with E-state index >= 15 is 0 Å². The lowest BCUT2D eigenvalue weighted by Crippen LogP contribution is -2.29. The molecule has 3 saturated carbocycles. The van der Waals surface area contributed by atoms with Gasteiger partial charge in [0.05, 0.1) is 0 Å². The molecule has 3 rings (SSSR count). The lowest BCUT2D eigenvalue weighted by atomic mass is 9.65. The van der Waals surface area contributed by atoms with Crippen LogP contribution in [-0.4, -0.2) is 6.17 Å². The molecule has 0 aromatic rings. The van der Waals surface area contributed by atoms with Gasteiger partial charge in [-0.2, -0.15) is 0 Å². The Morgan fingerprint density at radius 1 is 0.710 bits per heavy atom. The summed E-state index contributed by atoms with van der Waals surface area (Å²) in [5, 5.41) is 0. The highest BCUT2D eigenvalue weighted by Crippen LogP contribution is 2.46. The van der Waals surface area contributed by atoms with E-state index in [0.717, 1.165) is 41.9 Å². The molecule has 0 spiro atoms. The second kappa shape index (κ2) is 14.0. The van der Waals surface area contributed by atoms with Gasteiger partial charge in [0.15, 0.2) is 0 Å². The van der Waals surface area contributed by atoms with Crippen LogP contribution in [0.4, 0.5) is 4.39 Å². The number of hydrogen-bond acceptors (Lipinski definition) is 0. The summed E-state index contributed by atoms with van der Waals surface area (Å²) in [6, 6.07) is 0. The van der Waals surface area contributed by atoms with Gasteiger partial charge in [0.25, 0.3) is 0 Å². The number of halogens is 1. The van der Waals surface area contributed by atoms with Crippen molar-refractivity contribution >= 4 is 0 Å². The maximum Gasteiger partial charge on any atom is 0.100 e. The van der Waals surface area contributed by atoms with E-state index in [-0.39, 0.29) is 0 Å². The molecule has 0 radical (unpaired) electrons. The number of rotatable bonds is 11. The molecule has 3 aliphatic rings. The molecule has 3 aliphatic carbocycles. The first-order valence-electron chi connectivity index (χ1n) is 14.5. The third-order valence-corrected chi connectivity index (χ3v) is 9.57. The molecule has 0 aromatic heterocycles. The summed E-state index contributed by atoms with van der Waals surface area (Å²) in [6.07, 6.45) is 30.2. The summed E-state index contributed by atoms with van der Waals surface area (Å²) in [4.78, 5) is 0. The van der Waals surface area contributed by atoms with Gasteiger partial charge in [0, 0.05) is 0 Å². The van der Waals surface area contributed by atoms with Crippen molar-refractivity contribution in [3.05, 3.63) is 12.2 Å². The third kappa shape index (κ3) is 8.51. The summed E-state index contributed by atoms with van der Waals surface area (Å²) in [6.45, 7) is 4.28. The van der Waals surface area contributed by atoms with Crippen LogP contribution in [-0.2, 0) is 0 Å². The first-order valence-corrected chi connectivity index (χ1v) is 14.5. The first kappa shape index (κ1) is 25.3. The lowest BCUT2D eigenvalue weighted by molar-refractivity contribution is 0.107. The summed E-state index contributed by atoms with van der Waals surface area (Å²) < 4.78 is 13.3. The highest BCUT2D eigenvalue weighted by atomic mass is 19.1. The quantitative estimate of drug-likeness (QED) is 0.225. The second-order valence-corrected chi connectivity index (χ2v) is 11.6. The maximum absolute atomic E-state index is 13.3. The van der Waals surface area contributed by atoms with E-state index in [9.17, 15) is 4.39 Å². The lowest BCUT2D eigenvalue weighted by Gasteiger charge is -2.41. The Hall–Kier alpha value is -0.330. The fourth-order valence-electron chi connectivity index (χ4n) is 7.30. The first-order chi connectivity index (χ1) is 15.2. The highest BCUT2D eigenvalue weighted by molar-refractivity contribution is 4.93. The Labute approximate surface area is 194 Å². The van der Waals surface area contributed by atoms with E-state index in [1.807, 2.05) is 6.92 Å². The molecule has 0 amide bonds. The number of alkyl halides is 1. The van der Waals surface area contributed by atoms with E-state index in [1.54, 1.807) is 12.8 Å². The van der Waals surface area contributed by atoms with Gasteiger partial charge in [-0.15, -0.1) is 0 Å². The fourth-order valence-corrected chi connectivity index (χ4v) is 7.30. The van der Waals surface area contributed by atoms with Gasteiger partial charge >= 0.3 is 0 Å². The van der Waals surface area contributed by atoms with E-state index in [0.29, 0.717) is 12.8 Å². The molecular weight excluding hydrogens is 379 g/mol. The highest BCUT2D eigenvalue weighted by Gasteiger charge is 2.34. The van der Waals surface area contributed by atoms with Crippen LogP contribution in [0.5, 0.6) is 0 Å². The van der Waals surface area contributed by atoms with Gasteiger partial charge < -0.3 is 0 Å². The summed E-state index contributed by atoms with van der Waals surface area (Å²) in [5.74, 6) is 6.02. The molecule has 0 aliphatic heterocycles. The largest absolute Gasteiger partial charge is 0.247 e. The molecular formula is C30H53F. The standard InChI is InChI=1S/C30H53F/c1-3-5-6-9-24-12-16-26(17-13-24)28-20-22-29(23-21-28)27-18-14-25(15-19-27)10-7-8-11-30(31)4-2/h7,10,24-30H,3-6,8-9,11-23H2,1-2H3. The maximum atomic E-state index is 13.3. The normalized spacial score (nSPS) is 36.0. The van der Waals surface area contributed by atoms with Crippen molar-refractivity contribution < 1.29 is 4.39 Å². The Morgan fingerprint density at radius 3 is 1.74 bits per heavy atom. The summed E-state index contributed by atoms with van der Waals surface area (Å²) in [7, 11) is 0. The van der Waals surface area contributed by atoms with Gasteiger partial charge in [-0.05, 0) is 119 Å². The van der Waals surface area contributed by atoms with Gasteiger partial charge in [0.2, 0.25) is 0 Å². The topological polar surface area (TPSA) is 0 Å². The molecule has 31 heavy (non-hydrogen) atoms. The van der Waals surface area contributed by atoms with Crippen LogP contribution in [0.1, 0.15) is 136 Å². The van der Waals surface area contributed by atoms with Crippen molar-refractivity contribution in [3.8, 4) is 0 Å². The van der Waals surface area contributed by atoms with Crippen molar-refractivity contribution in [1.29, 1.82) is 0 Å². The minimum atomic E-state index is -0.601. The molecule has 0 heterocycles. The molecule has 1 unspecified atom stereocenters. The number of unbranched alkanes of at least 4 members (excludes halogenated alkanes) is 2. The minimum Gasteiger partial charge on any atom is -0.247 e. The third-order valence-electron chi connectivity index (χ3n) is 9.57. The second-order valence-electron chi connectivity index (χ2n) is 11.6. The van der Waals surface area contributed by atoms with Gasteiger partial charge in [-0.1, -0.05) is 64.5 Å². The Kier molecular flexibility index (Phi) is 11.5. The summed E-state index contributed by atoms with van der Waals surface area (Å²) in [5.41, 5.74) is 0. The van der Waals surface area contributed by atoms with Crippen LogP contribution in [0.25, 0.3) is 0 Å². The SMILES string of the molecule is CCCCCC1CCC(C2CCC(C3CCC(C=CCCC(F)CC)CC3)CC2)CC1. The molecule has 0 aromatic carbocycles. The van der Waals surface area contributed by atoms with Crippen molar-refractivity contribution in [2.24, 2.45) is 35.5 Å². The number of hydrogen-bond donors (Lipinski definition) is 0. The van der Waals surface area contributed by atoms with Gasteiger partial charge in [0.1, 0.15) is 6.17 Å². The van der Waals surface area contributed by atoms with Crippen LogP contribution in [0.3, 0.4) is 0 Å². The predicted octanol–water partition coefficient (Wildman–Crippen LogP) is 10.1. The Bertz CT molecular complexity index is 473. The zero-order valence-corrected chi connectivity index (χ0v) is 21.0. The molecule has 1 atom stereocenters. The van der Waals surface area contributed by atoms with E-state index in [1.165, 1.54) is 89.9 Å². The van der Waals surface area contributed by atoms with Crippen LogP contribution in [0.15, 0.2) is 12.2 Å². The predicted molar refractivity (Wildman–Crippen MR) is 134 cm³/mol. The average Bonchev–Trinajstić information content (AvgIpc) is 2.83. The van der Waals surface area contributed by atoms with Crippen LogP contribution in [0.2, 0.25) is 0 Å². The van der Waals surface area contributed by atoms with Crippen molar-refractivity contribution in [1.82, 2.24) is 0 Å². The fraction of sp³-hybridized carbons (Fsp3) is 0.933. The Morgan fingerprint density at radius 2 is 1.23 bits per heavy atom. The monoisotopic (exact) mass is 432 g/mol. The van der Waals surface area contributed by atoms with Crippen LogP contribution < -0.4 is 0 Å². The van der Waals surface area contributed by atoms with Crippen LogP contribution >= 0.6 is 0 Å². The zero-order valence-electron chi connectivity index (χ0n) is 21.0.